The molecule has 1 fully saturated rings. The van der Waals surface area contributed by atoms with Crippen LogP contribution in [-0.2, 0) is 0 Å². The van der Waals surface area contributed by atoms with Crippen LogP contribution in [-0.4, -0.2) is 32.8 Å². The molecular formula is C19H15ClN4OS. The molecule has 1 aromatic heterocycles. The molecule has 0 aliphatic carbocycles. The molecule has 0 amide bonds. The minimum absolute atomic E-state index is 0.113. The van der Waals surface area contributed by atoms with Crippen molar-refractivity contribution in [3.63, 3.8) is 0 Å². The number of hydrogen-bond acceptors (Lipinski definition) is 5. The van der Waals surface area contributed by atoms with Gasteiger partial charge in [0.2, 0.25) is 5.78 Å². The van der Waals surface area contributed by atoms with Gasteiger partial charge >= 0.3 is 0 Å². The fraction of sp³-hybridized carbons (Fsp3) is 0.105. The van der Waals surface area contributed by atoms with Crippen molar-refractivity contribution in [2.45, 2.75) is 0 Å². The maximum Gasteiger partial charge on any atom is 0.214 e. The Labute approximate surface area is 160 Å². The van der Waals surface area contributed by atoms with Crippen LogP contribution in [0.25, 0.3) is 5.70 Å². The summed E-state index contributed by atoms with van der Waals surface area (Å²) in [5.41, 5.74) is 2.11. The van der Waals surface area contributed by atoms with Gasteiger partial charge in [-0.05, 0) is 36.4 Å². The third-order valence-corrected chi connectivity index (χ3v) is 5.36. The second-order valence-electron chi connectivity index (χ2n) is 5.67. The molecule has 0 N–H and O–H groups in total. The standard InChI is InChI=1S/C19H15ClN4OS/c20-15-8-6-14(7-9-15)18(25)17(24-13-21-12-22-24)19-23(10-11-26-19)16-4-2-1-3-5-16/h1-9,12-13H,10-11H2/b19-17+. The molecule has 3 aromatic rings. The van der Waals surface area contributed by atoms with Gasteiger partial charge in [0.25, 0.3) is 0 Å². The van der Waals surface area contributed by atoms with E-state index in [4.69, 9.17) is 11.6 Å². The Balaban J connectivity index is 1.84. The molecule has 1 aliphatic rings. The fourth-order valence-corrected chi connectivity index (χ4v) is 4.09. The molecule has 0 saturated carbocycles. The maximum absolute atomic E-state index is 13.3. The van der Waals surface area contributed by atoms with Crippen molar-refractivity contribution in [2.75, 3.05) is 17.2 Å². The molecule has 2 aromatic carbocycles. The summed E-state index contributed by atoms with van der Waals surface area (Å²) in [7, 11) is 0. The molecule has 130 valence electrons. The van der Waals surface area contributed by atoms with Crippen molar-refractivity contribution < 1.29 is 4.79 Å². The summed E-state index contributed by atoms with van der Waals surface area (Å²) in [4.78, 5) is 19.5. The van der Waals surface area contributed by atoms with Crippen molar-refractivity contribution in [1.29, 1.82) is 0 Å². The first kappa shape index (κ1) is 16.9. The molecule has 1 saturated heterocycles. The van der Waals surface area contributed by atoms with Crippen molar-refractivity contribution in [2.24, 2.45) is 0 Å². The number of hydrogen-bond donors (Lipinski definition) is 0. The van der Waals surface area contributed by atoms with Crippen LogP contribution in [0.2, 0.25) is 5.02 Å². The molecule has 7 heteroatoms. The van der Waals surface area contributed by atoms with Crippen LogP contribution in [0.1, 0.15) is 10.4 Å². The van der Waals surface area contributed by atoms with E-state index < -0.39 is 0 Å². The Kier molecular flexibility index (Phi) is 4.77. The molecule has 2 heterocycles. The number of Topliss-reactive ketones (excluding diaryl/α,β-unsaturated/α-hetero) is 1. The van der Waals surface area contributed by atoms with Crippen molar-refractivity contribution in [3.05, 3.63) is 82.9 Å². The van der Waals surface area contributed by atoms with E-state index in [9.17, 15) is 4.79 Å². The summed E-state index contributed by atoms with van der Waals surface area (Å²) in [5, 5.41) is 5.69. The normalized spacial score (nSPS) is 16.0. The van der Waals surface area contributed by atoms with Crippen molar-refractivity contribution >= 4 is 40.5 Å². The minimum Gasteiger partial charge on any atom is -0.334 e. The second-order valence-corrected chi connectivity index (χ2v) is 7.19. The van der Waals surface area contributed by atoms with Gasteiger partial charge in [0, 0.05) is 28.6 Å². The lowest BCUT2D eigenvalue weighted by Gasteiger charge is -2.21. The number of carbonyl (C=O) groups is 1. The lowest BCUT2D eigenvalue weighted by molar-refractivity contribution is 0.104. The number of halogens is 1. The summed E-state index contributed by atoms with van der Waals surface area (Å²) >= 11 is 7.61. The van der Waals surface area contributed by atoms with Gasteiger partial charge in [-0.1, -0.05) is 29.8 Å². The van der Waals surface area contributed by atoms with Crippen LogP contribution in [0.15, 0.2) is 72.3 Å². The lowest BCUT2D eigenvalue weighted by atomic mass is 10.1. The van der Waals surface area contributed by atoms with Crippen LogP contribution >= 0.6 is 23.4 Å². The van der Waals surface area contributed by atoms with Gasteiger partial charge in [-0.3, -0.25) is 4.79 Å². The van der Waals surface area contributed by atoms with Crippen LogP contribution in [0.3, 0.4) is 0 Å². The zero-order valence-electron chi connectivity index (χ0n) is 13.7. The van der Waals surface area contributed by atoms with Crippen molar-refractivity contribution in [1.82, 2.24) is 14.8 Å². The predicted molar refractivity (Wildman–Crippen MR) is 105 cm³/mol. The maximum atomic E-state index is 13.3. The van der Waals surface area contributed by atoms with E-state index in [1.807, 2.05) is 30.3 Å². The minimum atomic E-state index is -0.113. The first-order chi connectivity index (χ1) is 12.7. The highest BCUT2D eigenvalue weighted by atomic mass is 35.5. The van der Waals surface area contributed by atoms with Gasteiger partial charge in [0.15, 0.2) is 0 Å². The number of nitrogens with zero attached hydrogens (tertiary/aromatic N) is 4. The molecule has 0 unspecified atom stereocenters. The Morgan fingerprint density at radius 2 is 1.85 bits per heavy atom. The Morgan fingerprint density at radius 1 is 1.08 bits per heavy atom. The molecule has 0 radical (unpaired) electrons. The van der Waals surface area contributed by atoms with E-state index in [0.29, 0.717) is 16.3 Å². The summed E-state index contributed by atoms with van der Waals surface area (Å²) in [6.45, 7) is 0.829. The zero-order valence-corrected chi connectivity index (χ0v) is 15.3. The van der Waals surface area contributed by atoms with Gasteiger partial charge in [0.05, 0.1) is 0 Å². The van der Waals surface area contributed by atoms with E-state index in [2.05, 4.69) is 15.0 Å². The smallest absolute Gasteiger partial charge is 0.214 e. The third kappa shape index (κ3) is 3.25. The number of thioether (sulfide) groups is 1. The Hall–Kier alpha value is -2.57. The summed E-state index contributed by atoms with van der Waals surface area (Å²) < 4.78 is 1.54. The first-order valence-electron chi connectivity index (χ1n) is 8.09. The monoisotopic (exact) mass is 382 g/mol. The molecule has 26 heavy (non-hydrogen) atoms. The van der Waals surface area contributed by atoms with Gasteiger partial charge in [-0.15, -0.1) is 11.8 Å². The number of anilines is 1. The summed E-state index contributed by atoms with van der Waals surface area (Å²) in [5.74, 6) is 0.786. The third-order valence-electron chi connectivity index (χ3n) is 4.04. The fourth-order valence-electron chi connectivity index (χ4n) is 2.82. The van der Waals surface area contributed by atoms with Crippen LogP contribution < -0.4 is 4.90 Å². The highest BCUT2D eigenvalue weighted by Gasteiger charge is 2.29. The SMILES string of the molecule is O=C(/C(=C1\SCCN1c1ccccc1)n1cncn1)c1ccc(Cl)cc1. The van der Waals surface area contributed by atoms with E-state index in [1.54, 1.807) is 47.0 Å². The molecule has 0 atom stereocenters. The second kappa shape index (κ2) is 7.35. The van der Waals surface area contributed by atoms with Gasteiger partial charge in [-0.2, -0.15) is 5.10 Å². The molecule has 0 spiro atoms. The molecule has 1 aliphatic heterocycles. The molecule has 5 nitrogen and oxygen atoms in total. The predicted octanol–water partition coefficient (Wildman–Crippen LogP) is 4.19. The number of allylic oxidation sites excluding steroid dienone is 1. The molecular weight excluding hydrogens is 368 g/mol. The Morgan fingerprint density at radius 3 is 2.54 bits per heavy atom. The largest absolute Gasteiger partial charge is 0.334 e. The lowest BCUT2D eigenvalue weighted by Crippen LogP contribution is -2.22. The number of ketones is 1. The highest BCUT2D eigenvalue weighted by molar-refractivity contribution is 8.03. The molecule has 4 rings (SSSR count). The quantitative estimate of drug-likeness (QED) is 0.500. The average molecular weight is 383 g/mol. The number of carbonyl (C=O) groups excluding carboxylic acids is 1. The topological polar surface area (TPSA) is 51.0 Å². The zero-order chi connectivity index (χ0) is 17.9. The van der Waals surface area contributed by atoms with E-state index in [1.165, 1.54) is 6.33 Å². The van der Waals surface area contributed by atoms with Gasteiger partial charge < -0.3 is 4.90 Å². The van der Waals surface area contributed by atoms with E-state index >= 15 is 0 Å². The first-order valence-corrected chi connectivity index (χ1v) is 9.45. The van der Waals surface area contributed by atoms with Crippen LogP contribution in [0, 0.1) is 0 Å². The van der Waals surface area contributed by atoms with Gasteiger partial charge in [0.1, 0.15) is 23.4 Å². The van der Waals surface area contributed by atoms with Crippen LogP contribution in [0.5, 0.6) is 0 Å². The number of benzene rings is 2. The average Bonchev–Trinajstić information content (AvgIpc) is 3.36. The van der Waals surface area contributed by atoms with E-state index in [0.717, 1.165) is 23.0 Å². The highest BCUT2D eigenvalue weighted by Crippen LogP contribution is 2.37. The number of para-hydroxylation sites is 1. The van der Waals surface area contributed by atoms with E-state index in [-0.39, 0.29) is 5.78 Å². The summed E-state index contributed by atoms with van der Waals surface area (Å²) in [6, 6.07) is 16.9. The molecule has 0 bridgehead atoms. The van der Waals surface area contributed by atoms with Crippen molar-refractivity contribution in [3.8, 4) is 0 Å². The Bertz CT molecular complexity index is 939. The van der Waals surface area contributed by atoms with Crippen LogP contribution in [0.4, 0.5) is 5.69 Å². The number of aromatic nitrogens is 3. The van der Waals surface area contributed by atoms with Gasteiger partial charge in [-0.25, -0.2) is 9.67 Å². The summed E-state index contributed by atoms with van der Waals surface area (Å²) in [6.07, 6.45) is 2.99. The number of rotatable bonds is 4.